The molecule has 0 unspecified atom stereocenters. The molecule has 0 aliphatic heterocycles. The van der Waals surface area contributed by atoms with Crippen molar-refractivity contribution in [1.82, 2.24) is 0 Å². The number of benzene rings is 1. The summed E-state index contributed by atoms with van der Waals surface area (Å²) in [6.45, 7) is 1.81. The fraction of sp³-hybridized carbons (Fsp3) is 0.300. The second kappa shape index (κ2) is 5.07. The molecule has 16 heavy (non-hydrogen) atoms. The average molecular weight is 246 g/mol. The van der Waals surface area contributed by atoms with Crippen molar-refractivity contribution >= 4 is 16.2 Å². The molecule has 0 fully saturated rings. The molecule has 0 saturated heterocycles. The van der Waals surface area contributed by atoms with E-state index < -0.39 is 21.9 Å². The van der Waals surface area contributed by atoms with E-state index in [9.17, 15) is 17.1 Å². The van der Waals surface area contributed by atoms with E-state index >= 15 is 0 Å². The Labute approximate surface area is 93.3 Å². The zero-order chi connectivity index (χ0) is 12.2. The minimum atomic E-state index is -4.66. The summed E-state index contributed by atoms with van der Waals surface area (Å²) >= 11 is 0. The van der Waals surface area contributed by atoms with E-state index in [2.05, 4.69) is 0 Å². The number of carbonyl (C=O) groups is 1. The van der Waals surface area contributed by atoms with Crippen molar-refractivity contribution in [3.05, 3.63) is 35.4 Å². The first-order valence-corrected chi connectivity index (χ1v) is 6.16. The molecule has 6 heteroatoms. The fourth-order valence-corrected chi connectivity index (χ4v) is 1.86. The van der Waals surface area contributed by atoms with Crippen molar-refractivity contribution in [2.75, 3.05) is 6.61 Å². The van der Waals surface area contributed by atoms with E-state index in [-0.39, 0.29) is 17.7 Å². The summed E-state index contributed by atoms with van der Waals surface area (Å²) in [5, 5.41) is 0. The number of hydrogen-bond donors (Lipinski definition) is 0. The van der Waals surface area contributed by atoms with Crippen molar-refractivity contribution in [2.24, 2.45) is 0 Å². The van der Waals surface area contributed by atoms with Crippen LogP contribution in [0.5, 0.6) is 0 Å². The number of hydrogen-bond acceptors (Lipinski definition) is 4. The zero-order valence-corrected chi connectivity index (χ0v) is 9.46. The van der Waals surface area contributed by atoms with Gasteiger partial charge in [-0.05, 0) is 18.6 Å². The SMILES string of the molecule is CCOC(=O)c1ccccc1CS(=O)(=O)F. The van der Waals surface area contributed by atoms with Gasteiger partial charge in [0.2, 0.25) is 0 Å². The van der Waals surface area contributed by atoms with Gasteiger partial charge in [0.25, 0.3) is 0 Å². The van der Waals surface area contributed by atoms with E-state index in [1.807, 2.05) is 0 Å². The molecule has 88 valence electrons. The first-order chi connectivity index (χ1) is 7.44. The molecule has 1 rings (SSSR count). The molecule has 1 aromatic rings. The molecule has 0 aromatic heterocycles. The number of ether oxygens (including phenoxy) is 1. The molecule has 0 heterocycles. The first-order valence-electron chi connectivity index (χ1n) is 4.61. The van der Waals surface area contributed by atoms with Crippen molar-refractivity contribution in [3.8, 4) is 0 Å². The highest BCUT2D eigenvalue weighted by molar-refractivity contribution is 7.85. The van der Waals surface area contributed by atoms with E-state index in [0.29, 0.717) is 0 Å². The van der Waals surface area contributed by atoms with Gasteiger partial charge in [0, 0.05) is 0 Å². The Bertz CT molecular complexity index is 481. The number of carbonyl (C=O) groups excluding carboxylic acids is 1. The summed E-state index contributed by atoms with van der Waals surface area (Å²) < 4.78 is 38.3. The lowest BCUT2D eigenvalue weighted by Gasteiger charge is -2.06. The lowest BCUT2D eigenvalue weighted by molar-refractivity contribution is 0.0525. The smallest absolute Gasteiger partial charge is 0.338 e. The Kier molecular flexibility index (Phi) is 4.00. The summed E-state index contributed by atoms with van der Waals surface area (Å²) in [5.74, 6) is -1.47. The lowest BCUT2D eigenvalue weighted by Crippen LogP contribution is -2.09. The van der Waals surface area contributed by atoms with Gasteiger partial charge >= 0.3 is 16.2 Å². The molecule has 0 saturated carbocycles. The van der Waals surface area contributed by atoms with Gasteiger partial charge in [0.05, 0.1) is 12.2 Å². The molecule has 0 aliphatic rings. The van der Waals surface area contributed by atoms with E-state index in [1.54, 1.807) is 13.0 Å². The molecule has 0 atom stereocenters. The van der Waals surface area contributed by atoms with Crippen molar-refractivity contribution in [3.63, 3.8) is 0 Å². The van der Waals surface area contributed by atoms with Crippen LogP contribution in [0.25, 0.3) is 0 Å². The maximum absolute atomic E-state index is 12.5. The second-order valence-electron chi connectivity index (χ2n) is 3.06. The summed E-state index contributed by atoms with van der Waals surface area (Å²) in [4.78, 5) is 11.4. The molecule has 1 aromatic carbocycles. The van der Waals surface area contributed by atoms with Gasteiger partial charge in [0.15, 0.2) is 0 Å². The maximum atomic E-state index is 12.5. The minimum absolute atomic E-state index is 0.0746. The Morgan fingerprint density at radius 2 is 2.00 bits per heavy atom. The van der Waals surface area contributed by atoms with E-state index in [1.165, 1.54) is 18.2 Å². The van der Waals surface area contributed by atoms with E-state index in [0.717, 1.165) is 0 Å². The highest BCUT2D eigenvalue weighted by atomic mass is 32.3. The maximum Gasteiger partial charge on any atom is 0.338 e. The van der Waals surface area contributed by atoms with Gasteiger partial charge in [-0.25, -0.2) is 4.79 Å². The third-order valence-corrected chi connectivity index (χ3v) is 2.50. The zero-order valence-electron chi connectivity index (χ0n) is 8.64. The van der Waals surface area contributed by atoms with Crippen LogP contribution >= 0.6 is 0 Å². The molecular formula is C10H11FO4S. The lowest BCUT2D eigenvalue weighted by atomic mass is 10.1. The number of halogens is 1. The third kappa shape index (κ3) is 3.62. The van der Waals surface area contributed by atoms with Crippen LogP contribution in [-0.4, -0.2) is 21.0 Å². The molecule has 0 spiro atoms. The first kappa shape index (κ1) is 12.6. The van der Waals surface area contributed by atoms with Crippen LogP contribution in [0.1, 0.15) is 22.8 Å². The molecule has 0 radical (unpaired) electrons. The predicted molar refractivity (Wildman–Crippen MR) is 56.1 cm³/mol. The molecule has 0 N–H and O–H groups in total. The molecular weight excluding hydrogens is 235 g/mol. The van der Waals surface area contributed by atoms with Crippen molar-refractivity contribution in [1.29, 1.82) is 0 Å². The Hall–Kier alpha value is -1.43. The predicted octanol–water partition coefficient (Wildman–Crippen LogP) is 1.66. The van der Waals surface area contributed by atoms with Crippen LogP contribution < -0.4 is 0 Å². The van der Waals surface area contributed by atoms with E-state index in [4.69, 9.17) is 4.74 Å². The van der Waals surface area contributed by atoms with Gasteiger partial charge in [0.1, 0.15) is 5.75 Å². The van der Waals surface area contributed by atoms with Crippen LogP contribution in [0, 0.1) is 0 Å². The number of esters is 1. The Morgan fingerprint density at radius 3 is 2.56 bits per heavy atom. The van der Waals surface area contributed by atoms with Crippen molar-refractivity contribution in [2.45, 2.75) is 12.7 Å². The quantitative estimate of drug-likeness (QED) is 0.599. The summed E-state index contributed by atoms with van der Waals surface area (Å²) in [6.07, 6.45) is 0. The van der Waals surface area contributed by atoms with Crippen molar-refractivity contribution < 1.29 is 21.8 Å². The highest BCUT2D eigenvalue weighted by Crippen LogP contribution is 2.14. The van der Waals surface area contributed by atoms with Gasteiger partial charge in [-0.15, -0.1) is 3.89 Å². The topological polar surface area (TPSA) is 60.4 Å². The summed E-state index contributed by atoms with van der Waals surface area (Å²) in [5.41, 5.74) is 0.175. The molecule has 0 amide bonds. The van der Waals surface area contributed by atoms with Gasteiger partial charge in [-0.1, -0.05) is 18.2 Å². The summed E-state index contributed by atoms with van der Waals surface area (Å²) in [7, 11) is -4.66. The monoisotopic (exact) mass is 246 g/mol. The Balaban J connectivity index is 3.05. The van der Waals surface area contributed by atoms with Crippen LogP contribution in [0.4, 0.5) is 3.89 Å². The summed E-state index contributed by atoms with van der Waals surface area (Å²) in [6, 6.07) is 5.87. The molecule has 4 nitrogen and oxygen atoms in total. The van der Waals surface area contributed by atoms with Crippen LogP contribution in [-0.2, 0) is 20.7 Å². The normalized spacial score (nSPS) is 11.1. The largest absolute Gasteiger partial charge is 0.462 e. The highest BCUT2D eigenvalue weighted by Gasteiger charge is 2.17. The third-order valence-electron chi connectivity index (χ3n) is 1.84. The van der Waals surface area contributed by atoms with Crippen LogP contribution in [0.3, 0.4) is 0 Å². The molecule has 0 aliphatic carbocycles. The second-order valence-corrected chi connectivity index (χ2v) is 4.43. The Morgan fingerprint density at radius 1 is 1.38 bits per heavy atom. The van der Waals surface area contributed by atoms with Crippen LogP contribution in [0.2, 0.25) is 0 Å². The van der Waals surface area contributed by atoms with Gasteiger partial charge < -0.3 is 4.74 Å². The standard InChI is InChI=1S/C10H11FO4S/c1-2-15-10(12)9-6-4-3-5-8(9)7-16(11,13)14/h3-6H,2,7H2,1H3. The minimum Gasteiger partial charge on any atom is -0.462 e. The van der Waals surface area contributed by atoms with Gasteiger partial charge in [-0.2, -0.15) is 8.42 Å². The van der Waals surface area contributed by atoms with Gasteiger partial charge in [-0.3, -0.25) is 0 Å². The fourth-order valence-electron chi connectivity index (χ4n) is 1.24. The molecule has 0 bridgehead atoms. The average Bonchev–Trinajstić information content (AvgIpc) is 2.16. The van der Waals surface area contributed by atoms with Crippen LogP contribution in [0.15, 0.2) is 24.3 Å². The number of rotatable bonds is 4.